The Morgan fingerprint density at radius 1 is 1.33 bits per heavy atom. The van der Waals surface area contributed by atoms with Gasteiger partial charge in [0, 0.05) is 5.56 Å². The number of aryl methyl sites for hydroxylation is 1. The summed E-state index contributed by atoms with van der Waals surface area (Å²) in [4.78, 5) is 16.1. The molecule has 112 valence electrons. The van der Waals surface area contributed by atoms with Crippen molar-refractivity contribution < 1.29 is 14.6 Å². The van der Waals surface area contributed by atoms with Gasteiger partial charge < -0.3 is 9.84 Å². The van der Waals surface area contributed by atoms with Crippen molar-refractivity contribution in [3.8, 4) is 16.3 Å². The molecule has 4 nitrogen and oxygen atoms in total. The van der Waals surface area contributed by atoms with Crippen molar-refractivity contribution >= 4 is 17.3 Å². The van der Waals surface area contributed by atoms with Gasteiger partial charge in [-0.3, -0.25) is 0 Å². The van der Waals surface area contributed by atoms with Crippen LogP contribution >= 0.6 is 11.3 Å². The Kier molecular flexibility index (Phi) is 4.96. The third-order valence-corrected chi connectivity index (χ3v) is 3.99. The van der Waals surface area contributed by atoms with E-state index in [-0.39, 0.29) is 6.10 Å². The number of nitrogens with zero attached hydrogens (tertiary/aromatic N) is 1. The third-order valence-electron chi connectivity index (χ3n) is 2.85. The number of hydrogen-bond acceptors (Lipinski definition) is 4. The van der Waals surface area contributed by atoms with E-state index in [1.54, 1.807) is 0 Å². The highest BCUT2D eigenvalue weighted by atomic mass is 32.1. The monoisotopic (exact) mass is 305 g/mol. The first-order valence-corrected chi connectivity index (χ1v) is 7.83. The fraction of sp³-hybridized carbons (Fsp3) is 0.375. The molecule has 5 heteroatoms. The molecular formula is C16H19NO3S. The molecule has 0 bridgehead atoms. The fourth-order valence-corrected chi connectivity index (χ4v) is 2.95. The Balaban J connectivity index is 2.29. The van der Waals surface area contributed by atoms with Gasteiger partial charge in [0.2, 0.25) is 0 Å². The predicted octanol–water partition coefficient (Wildman–Crippen LogP) is 4.25. The highest BCUT2D eigenvalue weighted by molar-refractivity contribution is 7.17. The molecule has 1 heterocycles. The molecule has 0 fully saturated rings. The Morgan fingerprint density at radius 2 is 2.00 bits per heavy atom. The summed E-state index contributed by atoms with van der Waals surface area (Å²) in [6, 6.07) is 7.60. The lowest BCUT2D eigenvalue weighted by Gasteiger charge is -2.09. The van der Waals surface area contributed by atoms with E-state index in [2.05, 4.69) is 4.98 Å². The van der Waals surface area contributed by atoms with Crippen molar-refractivity contribution in [1.29, 1.82) is 0 Å². The van der Waals surface area contributed by atoms with Crippen LogP contribution in [0.25, 0.3) is 10.6 Å². The number of aromatic nitrogens is 1. The molecule has 0 aliphatic heterocycles. The van der Waals surface area contributed by atoms with Gasteiger partial charge in [-0.05, 0) is 44.5 Å². The van der Waals surface area contributed by atoms with Gasteiger partial charge in [-0.15, -0.1) is 11.3 Å². The zero-order valence-corrected chi connectivity index (χ0v) is 13.2. The molecule has 0 aliphatic rings. The van der Waals surface area contributed by atoms with Gasteiger partial charge >= 0.3 is 5.97 Å². The molecule has 0 amide bonds. The van der Waals surface area contributed by atoms with Gasteiger partial charge in [0.1, 0.15) is 15.6 Å². The summed E-state index contributed by atoms with van der Waals surface area (Å²) in [5.74, 6) is -0.0977. The summed E-state index contributed by atoms with van der Waals surface area (Å²) in [6.07, 6.45) is 1.70. The fourth-order valence-electron chi connectivity index (χ4n) is 2.00. The molecular weight excluding hydrogens is 286 g/mol. The van der Waals surface area contributed by atoms with Gasteiger partial charge in [0.15, 0.2) is 0 Å². The Bertz CT molecular complexity index is 617. The van der Waals surface area contributed by atoms with Gasteiger partial charge in [0.05, 0.1) is 11.8 Å². The van der Waals surface area contributed by atoms with Gasteiger partial charge in [-0.25, -0.2) is 9.78 Å². The first-order valence-electron chi connectivity index (χ1n) is 7.01. The van der Waals surface area contributed by atoms with E-state index < -0.39 is 5.97 Å². The van der Waals surface area contributed by atoms with E-state index in [1.807, 2.05) is 45.0 Å². The molecule has 1 aromatic heterocycles. The summed E-state index contributed by atoms with van der Waals surface area (Å²) in [6.45, 7) is 5.97. The maximum absolute atomic E-state index is 11.3. The molecule has 0 unspecified atom stereocenters. The maximum Gasteiger partial charge on any atom is 0.347 e. The van der Waals surface area contributed by atoms with Crippen LogP contribution in [0, 0.1) is 0 Å². The van der Waals surface area contributed by atoms with Crippen molar-refractivity contribution in [1.82, 2.24) is 4.98 Å². The number of thiazole rings is 1. The summed E-state index contributed by atoms with van der Waals surface area (Å²) in [5.41, 5.74) is 1.59. The summed E-state index contributed by atoms with van der Waals surface area (Å²) in [7, 11) is 0. The first kappa shape index (κ1) is 15.5. The van der Waals surface area contributed by atoms with E-state index >= 15 is 0 Å². The zero-order valence-electron chi connectivity index (χ0n) is 12.4. The van der Waals surface area contributed by atoms with E-state index in [9.17, 15) is 9.90 Å². The Hall–Kier alpha value is -1.88. The Labute approximate surface area is 128 Å². The van der Waals surface area contributed by atoms with Crippen molar-refractivity contribution in [2.75, 3.05) is 0 Å². The topological polar surface area (TPSA) is 59.4 Å². The average Bonchev–Trinajstić information content (AvgIpc) is 2.83. The number of benzene rings is 1. The minimum absolute atomic E-state index is 0.130. The summed E-state index contributed by atoms with van der Waals surface area (Å²) < 4.78 is 5.60. The van der Waals surface area contributed by atoms with E-state index in [4.69, 9.17) is 4.74 Å². The highest BCUT2D eigenvalue weighted by Crippen LogP contribution is 2.30. The lowest BCUT2D eigenvalue weighted by atomic mass is 10.2. The van der Waals surface area contributed by atoms with Gasteiger partial charge in [-0.1, -0.05) is 13.3 Å². The summed E-state index contributed by atoms with van der Waals surface area (Å²) >= 11 is 1.23. The molecule has 1 aromatic carbocycles. The molecule has 0 aliphatic carbocycles. The van der Waals surface area contributed by atoms with Crippen LogP contribution < -0.4 is 4.74 Å². The van der Waals surface area contributed by atoms with Crippen LogP contribution in [0.3, 0.4) is 0 Å². The molecule has 2 aromatic rings. The highest BCUT2D eigenvalue weighted by Gasteiger charge is 2.17. The van der Waals surface area contributed by atoms with Crippen LogP contribution in [0.15, 0.2) is 24.3 Å². The van der Waals surface area contributed by atoms with Gasteiger partial charge in [-0.2, -0.15) is 0 Å². The smallest absolute Gasteiger partial charge is 0.347 e. The number of carbonyl (C=O) groups is 1. The van der Waals surface area contributed by atoms with Crippen LogP contribution in [0.1, 0.15) is 42.6 Å². The van der Waals surface area contributed by atoms with Gasteiger partial charge in [0.25, 0.3) is 0 Å². The lowest BCUT2D eigenvalue weighted by molar-refractivity contribution is 0.0700. The molecule has 0 saturated heterocycles. The molecule has 0 saturated carbocycles. The number of aromatic carboxylic acids is 1. The number of carboxylic acid groups (broad SMARTS) is 1. The minimum atomic E-state index is -0.901. The normalized spacial score (nSPS) is 10.9. The lowest BCUT2D eigenvalue weighted by Crippen LogP contribution is -2.05. The zero-order chi connectivity index (χ0) is 15.4. The quantitative estimate of drug-likeness (QED) is 0.866. The standard InChI is InChI=1S/C16H19NO3S/c1-4-5-13-14(16(18)19)21-15(17-13)11-6-8-12(9-7-11)20-10(2)3/h6-10H,4-5H2,1-3H3,(H,18,19). The first-order chi connectivity index (χ1) is 10.0. The average molecular weight is 305 g/mol. The number of rotatable bonds is 6. The van der Waals surface area contributed by atoms with E-state index in [1.165, 1.54) is 11.3 Å². The molecule has 0 spiro atoms. The minimum Gasteiger partial charge on any atom is -0.491 e. The van der Waals surface area contributed by atoms with Crippen molar-refractivity contribution in [3.05, 3.63) is 34.8 Å². The number of hydrogen-bond donors (Lipinski definition) is 1. The SMILES string of the molecule is CCCc1nc(-c2ccc(OC(C)C)cc2)sc1C(=O)O. The van der Waals surface area contributed by atoms with Crippen molar-refractivity contribution in [2.24, 2.45) is 0 Å². The number of ether oxygens (including phenoxy) is 1. The van der Waals surface area contributed by atoms with Crippen LogP contribution in [0.2, 0.25) is 0 Å². The molecule has 2 rings (SSSR count). The van der Waals surface area contributed by atoms with Crippen LogP contribution in [0.5, 0.6) is 5.75 Å². The van der Waals surface area contributed by atoms with Crippen molar-refractivity contribution in [3.63, 3.8) is 0 Å². The second kappa shape index (κ2) is 6.72. The van der Waals surface area contributed by atoms with Crippen molar-refractivity contribution in [2.45, 2.75) is 39.7 Å². The van der Waals surface area contributed by atoms with Crippen LogP contribution in [-0.2, 0) is 6.42 Å². The van der Waals surface area contributed by atoms with E-state index in [0.717, 1.165) is 22.7 Å². The predicted molar refractivity (Wildman–Crippen MR) is 84.3 cm³/mol. The molecule has 1 N–H and O–H groups in total. The van der Waals surface area contributed by atoms with E-state index in [0.29, 0.717) is 17.0 Å². The number of carboxylic acids is 1. The largest absolute Gasteiger partial charge is 0.491 e. The maximum atomic E-state index is 11.3. The molecule has 0 atom stereocenters. The molecule has 21 heavy (non-hydrogen) atoms. The second-order valence-electron chi connectivity index (χ2n) is 5.04. The summed E-state index contributed by atoms with van der Waals surface area (Å²) in [5, 5.41) is 9.99. The molecule has 0 radical (unpaired) electrons. The third kappa shape index (κ3) is 3.82. The second-order valence-corrected chi connectivity index (χ2v) is 6.04. The Morgan fingerprint density at radius 3 is 2.52 bits per heavy atom. The van der Waals surface area contributed by atoms with Crippen LogP contribution in [-0.4, -0.2) is 22.2 Å². The van der Waals surface area contributed by atoms with Crippen LogP contribution in [0.4, 0.5) is 0 Å².